The molecule has 0 radical (unpaired) electrons. The Labute approximate surface area is 130 Å². The Bertz CT molecular complexity index is 724. The number of nitrogens with one attached hydrogen (secondary N) is 1. The zero-order valence-corrected chi connectivity index (χ0v) is 12.5. The lowest BCUT2D eigenvalue weighted by Gasteiger charge is -2.10. The van der Waals surface area contributed by atoms with Gasteiger partial charge in [0.25, 0.3) is 5.91 Å². The molecule has 1 heterocycles. The van der Waals surface area contributed by atoms with E-state index in [9.17, 15) is 9.59 Å². The Morgan fingerprint density at radius 2 is 1.62 bits per heavy atom. The second-order valence-electron chi connectivity index (χ2n) is 4.52. The first-order chi connectivity index (χ1) is 10.1. The van der Waals surface area contributed by atoms with E-state index in [0.717, 1.165) is 14.9 Å². The molecule has 3 rings (SSSR count). The molecule has 5 heteroatoms. The second-order valence-corrected chi connectivity index (χ2v) is 5.43. The molecular weight excluding hydrogens is 332 g/mol. The summed E-state index contributed by atoms with van der Waals surface area (Å²) >= 11 is 3.35. The van der Waals surface area contributed by atoms with E-state index in [2.05, 4.69) is 21.2 Å². The summed E-state index contributed by atoms with van der Waals surface area (Å²) in [5, 5.41) is 2.60. The van der Waals surface area contributed by atoms with Crippen molar-refractivity contribution in [2.24, 2.45) is 0 Å². The highest BCUT2D eigenvalue weighted by atomic mass is 79.9. The number of urea groups is 1. The first kappa shape index (κ1) is 13.6. The van der Waals surface area contributed by atoms with Crippen molar-refractivity contribution in [3.8, 4) is 0 Å². The summed E-state index contributed by atoms with van der Waals surface area (Å²) in [6.07, 6.45) is 1.66. The van der Waals surface area contributed by atoms with Crippen LogP contribution in [-0.2, 0) is 4.79 Å². The lowest BCUT2D eigenvalue weighted by atomic mass is 10.2. The highest BCUT2D eigenvalue weighted by Crippen LogP contribution is 2.22. The lowest BCUT2D eigenvalue weighted by Crippen LogP contribution is -2.30. The number of nitrogens with zero attached hydrogens (tertiary/aromatic N) is 1. The van der Waals surface area contributed by atoms with Crippen LogP contribution in [0.4, 0.5) is 10.5 Å². The van der Waals surface area contributed by atoms with E-state index in [1.165, 1.54) is 0 Å². The minimum atomic E-state index is -0.436. The van der Waals surface area contributed by atoms with Gasteiger partial charge >= 0.3 is 6.03 Å². The topological polar surface area (TPSA) is 49.4 Å². The summed E-state index contributed by atoms with van der Waals surface area (Å²) in [4.78, 5) is 25.5. The van der Waals surface area contributed by atoms with Crippen LogP contribution in [0.25, 0.3) is 6.08 Å². The van der Waals surface area contributed by atoms with Crippen molar-refractivity contribution in [3.63, 3.8) is 0 Å². The molecule has 4 nitrogen and oxygen atoms in total. The third kappa shape index (κ3) is 2.73. The fourth-order valence-electron chi connectivity index (χ4n) is 2.07. The predicted octanol–water partition coefficient (Wildman–Crippen LogP) is 3.55. The largest absolute Gasteiger partial charge is 0.333 e. The zero-order valence-electron chi connectivity index (χ0n) is 10.9. The molecule has 0 unspecified atom stereocenters. The van der Waals surface area contributed by atoms with Crippen molar-refractivity contribution < 1.29 is 9.59 Å². The lowest BCUT2D eigenvalue weighted by molar-refractivity contribution is -0.113. The minimum Gasteiger partial charge on any atom is -0.302 e. The van der Waals surface area contributed by atoms with Gasteiger partial charge in [0.05, 0.1) is 5.69 Å². The van der Waals surface area contributed by atoms with E-state index in [4.69, 9.17) is 0 Å². The number of carbonyl (C=O) groups excluding carboxylic acids is 2. The van der Waals surface area contributed by atoms with Crippen LogP contribution in [0.5, 0.6) is 0 Å². The van der Waals surface area contributed by atoms with Gasteiger partial charge in [0.1, 0.15) is 5.70 Å². The standard InChI is InChI=1S/C16H11BrN2O2/c17-12-8-6-11(7-9-12)10-14-15(20)19(16(21)18-14)13-4-2-1-3-5-13/h1-10H,(H,18,21). The summed E-state index contributed by atoms with van der Waals surface area (Å²) in [6.45, 7) is 0. The Hall–Kier alpha value is -2.40. The van der Waals surface area contributed by atoms with Crippen LogP contribution in [0.2, 0.25) is 0 Å². The molecule has 1 fully saturated rings. The fraction of sp³-hybridized carbons (Fsp3) is 0. The van der Waals surface area contributed by atoms with Crippen molar-refractivity contribution in [2.45, 2.75) is 0 Å². The van der Waals surface area contributed by atoms with Gasteiger partial charge in [-0.1, -0.05) is 46.3 Å². The molecule has 104 valence electrons. The second kappa shape index (κ2) is 5.54. The highest BCUT2D eigenvalue weighted by molar-refractivity contribution is 9.10. The number of halogens is 1. The van der Waals surface area contributed by atoms with Crippen LogP contribution in [0.15, 0.2) is 64.8 Å². The quantitative estimate of drug-likeness (QED) is 0.670. The van der Waals surface area contributed by atoms with Gasteiger partial charge in [0.15, 0.2) is 0 Å². The third-order valence-electron chi connectivity index (χ3n) is 3.07. The van der Waals surface area contributed by atoms with Crippen LogP contribution in [0.3, 0.4) is 0 Å². The summed E-state index contributed by atoms with van der Waals surface area (Å²) in [7, 11) is 0. The number of imide groups is 1. The number of para-hydroxylation sites is 1. The third-order valence-corrected chi connectivity index (χ3v) is 3.60. The first-order valence-electron chi connectivity index (χ1n) is 6.33. The Morgan fingerprint density at radius 3 is 2.29 bits per heavy atom. The van der Waals surface area contributed by atoms with Gasteiger partial charge in [-0.05, 0) is 35.9 Å². The number of rotatable bonds is 2. The van der Waals surface area contributed by atoms with E-state index < -0.39 is 6.03 Å². The van der Waals surface area contributed by atoms with Gasteiger partial charge in [0.2, 0.25) is 0 Å². The van der Waals surface area contributed by atoms with Crippen molar-refractivity contribution in [2.75, 3.05) is 4.90 Å². The average Bonchev–Trinajstić information content (AvgIpc) is 2.77. The molecule has 1 aliphatic rings. The van der Waals surface area contributed by atoms with E-state index in [-0.39, 0.29) is 11.6 Å². The maximum Gasteiger partial charge on any atom is 0.333 e. The molecule has 21 heavy (non-hydrogen) atoms. The van der Waals surface area contributed by atoms with E-state index in [1.54, 1.807) is 30.3 Å². The Balaban J connectivity index is 1.92. The fourth-order valence-corrected chi connectivity index (χ4v) is 2.34. The molecule has 2 aromatic carbocycles. The molecule has 0 aromatic heterocycles. The number of hydrogen-bond donors (Lipinski definition) is 1. The number of hydrogen-bond acceptors (Lipinski definition) is 2. The minimum absolute atomic E-state index is 0.270. The smallest absolute Gasteiger partial charge is 0.302 e. The maximum absolute atomic E-state index is 12.4. The average molecular weight is 343 g/mol. The molecule has 2 aromatic rings. The summed E-state index contributed by atoms with van der Waals surface area (Å²) in [5.41, 5.74) is 1.67. The number of carbonyl (C=O) groups is 2. The van der Waals surface area contributed by atoms with Crippen LogP contribution >= 0.6 is 15.9 Å². The zero-order chi connectivity index (χ0) is 14.8. The van der Waals surface area contributed by atoms with Gasteiger partial charge in [-0.2, -0.15) is 0 Å². The van der Waals surface area contributed by atoms with E-state index in [1.807, 2.05) is 30.3 Å². The number of anilines is 1. The normalized spacial score (nSPS) is 16.4. The van der Waals surface area contributed by atoms with Crippen LogP contribution in [0, 0.1) is 0 Å². The molecule has 0 saturated carbocycles. The van der Waals surface area contributed by atoms with E-state index >= 15 is 0 Å². The molecular formula is C16H11BrN2O2. The van der Waals surface area contributed by atoms with E-state index in [0.29, 0.717) is 5.69 Å². The first-order valence-corrected chi connectivity index (χ1v) is 7.12. The van der Waals surface area contributed by atoms with Crippen LogP contribution in [-0.4, -0.2) is 11.9 Å². The monoisotopic (exact) mass is 342 g/mol. The van der Waals surface area contributed by atoms with Crippen molar-refractivity contribution in [3.05, 3.63) is 70.3 Å². The van der Waals surface area contributed by atoms with Crippen LogP contribution in [0.1, 0.15) is 5.56 Å². The molecule has 0 atom stereocenters. The maximum atomic E-state index is 12.4. The summed E-state index contributed by atoms with van der Waals surface area (Å²) in [6, 6.07) is 15.9. The molecule has 1 saturated heterocycles. The van der Waals surface area contributed by atoms with Gasteiger partial charge < -0.3 is 5.32 Å². The number of amides is 3. The molecule has 1 N–H and O–H groups in total. The SMILES string of the molecule is O=C1NC(=Cc2ccc(Br)cc2)C(=O)N1c1ccccc1. The predicted molar refractivity (Wildman–Crippen MR) is 84.6 cm³/mol. The molecule has 3 amide bonds. The molecule has 0 bridgehead atoms. The van der Waals surface area contributed by atoms with Gasteiger partial charge in [-0.15, -0.1) is 0 Å². The summed E-state index contributed by atoms with van der Waals surface area (Å²) in [5.74, 6) is -0.353. The van der Waals surface area contributed by atoms with Crippen LogP contribution < -0.4 is 10.2 Å². The number of benzene rings is 2. The highest BCUT2D eigenvalue weighted by Gasteiger charge is 2.34. The molecule has 1 aliphatic heterocycles. The summed E-state index contributed by atoms with van der Waals surface area (Å²) < 4.78 is 0.956. The molecule has 0 aliphatic carbocycles. The molecule has 0 spiro atoms. The van der Waals surface area contributed by atoms with Gasteiger partial charge in [0, 0.05) is 4.47 Å². The Kier molecular flexibility index (Phi) is 3.58. The van der Waals surface area contributed by atoms with Crippen molar-refractivity contribution >= 4 is 39.6 Å². The Morgan fingerprint density at radius 1 is 0.952 bits per heavy atom. The van der Waals surface area contributed by atoms with Gasteiger partial charge in [-0.3, -0.25) is 4.79 Å². The van der Waals surface area contributed by atoms with Gasteiger partial charge in [-0.25, -0.2) is 9.69 Å². The van der Waals surface area contributed by atoms with Crippen molar-refractivity contribution in [1.29, 1.82) is 0 Å². The van der Waals surface area contributed by atoms with Crippen molar-refractivity contribution in [1.82, 2.24) is 5.32 Å².